The standard InChI is InChI=1S/C22H22N4O2S/c1-16-4-6-17(7-5-16)21(27)24-18-8-9-20(23-15-18)25-10-12-26(13-11-25)22(28)19-3-2-14-29-19/h2-9,14-15H,10-13H2,1H3,(H,24,27). The molecule has 0 unspecified atom stereocenters. The van der Waals surface area contributed by atoms with Crippen LogP contribution >= 0.6 is 11.3 Å². The minimum Gasteiger partial charge on any atom is -0.353 e. The Bertz CT molecular complexity index is 977. The second-order valence-electron chi connectivity index (χ2n) is 6.98. The summed E-state index contributed by atoms with van der Waals surface area (Å²) in [6.07, 6.45) is 1.67. The summed E-state index contributed by atoms with van der Waals surface area (Å²) in [4.78, 5) is 34.1. The number of nitrogens with zero attached hydrogens (tertiary/aromatic N) is 3. The number of thiophene rings is 1. The average molecular weight is 407 g/mol. The molecule has 29 heavy (non-hydrogen) atoms. The zero-order valence-corrected chi connectivity index (χ0v) is 17.0. The first-order valence-corrected chi connectivity index (χ1v) is 10.4. The number of aryl methyl sites for hydroxylation is 1. The summed E-state index contributed by atoms with van der Waals surface area (Å²) in [5.41, 5.74) is 2.39. The largest absolute Gasteiger partial charge is 0.353 e. The van der Waals surface area contributed by atoms with Crippen molar-refractivity contribution in [3.05, 3.63) is 76.1 Å². The van der Waals surface area contributed by atoms with Crippen molar-refractivity contribution in [3.63, 3.8) is 0 Å². The number of carbonyl (C=O) groups excluding carboxylic acids is 2. The van der Waals surface area contributed by atoms with Gasteiger partial charge in [-0.15, -0.1) is 11.3 Å². The Labute approximate surface area is 173 Å². The molecule has 0 bridgehead atoms. The maximum Gasteiger partial charge on any atom is 0.264 e. The van der Waals surface area contributed by atoms with Gasteiger partial charge in [0.25, 0.3) is 11.8 Å². The van der Waals surface area contributed by atoms with E-state index in [0.29, 0.717) is 24.3 Å². The molecule has 0 saturated carbocycles. The Kier molecular flexibility index (Phi) is 5.57. The summed E-state index contributed by atoms with van der Waals surface area (Å²) in [7, 11) is 0. The number of hydrogen-bond acceptors (Lipinski definition) is 5. The van der Waals surface area contributed by atoms with Crippen molar-refractivity contribution >= 4 is 34.7 Å². The topological polar surface area (TPSA) is 65.5 Å². The van der Waals surface area contributed by atoms with E-state index in [0.717, 1.165) is 29.3 Å². The molecule has 1 N–H and O–H groups in total. The third kappa shape index (κ3) is 4.46. The van der Waals surface area contributed by atoms with Gasteiger partial charge in [0.1, 0.15) is 5.82 Å². The van der Waals surface area contributed by atoms with E-state index < -0.39 is 0 Å². The molecule has 0 aliphatic carbocycles. The fourth-order valence-corrected chi connectivity index (χ4v) is 3.94. The van der Waals surface area contributed by atoms with Crippen LogP contribution in [0.1, 0.15) is 25.6 Å². The lowest BCUT2D eigenvalue weighted by Gasteiger charge is -2.35. The maximum absolute atomic E-state index is 12.4. The number of aromatic nitrogens is 1. The quantitative estimate of drug-likeness (QED) is 0.718. The molecular formula is C22H22N4O2S. The molecule has 0 atom stereocenters. The molecule has 1 fully saturated rings. The SMILES string of the molecule is Cc1ccc(C(=O)Nc2ccc(N3CCN(C(=O)c4cccs4)CC3)nc2)cc1. The molecule has 7 heteroatoms. The highest BCUT2D eigenvalue weighted by Crippen LogP contribution is 2.19. The lowest BCUT2D eigenvalue weighted by Crippen LogP contribution is -2.48. The average Bonchev–Trinajstić information content (AvgIpc) is 3.29. The van der Waals surface area contributed by atoms with Crippen molar-refractivity contribution in [2.45, 2.75) is 6.92 Å². The van der Waals surface area contributed by atoms with Gasteiger partial charge in [0, 0.05) is 31.7 Å². The lowest BCUT2D eigenvalue weighted by atomic mass is 10.1. The number of nitrogens with one attached hydrogen (secondary N) is 1. The molecule has 3 heterocycles. The van der Waals surface area contributed by atoms with E-state index in [9.17, 15) is 9.59 Å². The molecular weight excluding hydrogens is 384 g/mol. The summed E-state index contributed by atoms with van der Waals surface area (Å²) in [6.45, 7) is 4.80. The van der Waals surface area contributed by atoms with Gasteiger partial charge in [0.2, 0.25) is 0 Å². The maximum atomic E-state index is 12.4. The molecule has 3 aromatic rings. The Morgan fingerprint density at radius 2 is 1.76 bits per heavy atom. The highest BCUT2D eigenvalue weighted by atomic mass is 32.1. The molecule has 2 aromatic heterocycles. The van der Waals surface area contributed by atoms with Crippen molar-refractivity contribution in [2.75, 3.05) is 36.4 Å². The number of amides is 2. The molecule has 1 saturated heterocycles. The highest BCUT2D eigenvalue weighted by Gasteiger charge is 2.23. The van der Waals surface area contributed by atoms with Crippen LogP contribution in [0.3, 0.4) is 0 Å². The number of benzene rings is 1. The van der Waals surface area contributed by atoms with Gasteiger partial charge in [0.05, 0.1) is 16.8 Å². The van der Waals surface area contributed by atoms with E-state index in [1.54, 1.807) is 6.20 Å². The van der Waals surface area contributed by atoms with Crippen LogP contribution < -0.4 is 10.2 Å². The number of carbonyl (C=O) groups is 2. The monoisotopic (exact) mass is 406 g/mol. The van der Waals surface area contributed by atoms with Crippen LogP contribution in [0.4, 0.5) is 11.5 Å². The van der Waals surface area contributed by atoms with Crippen molar-refractivity contribution in [1.29, 1.82) is 0 Å². The summed E-state index contributed by atoms with van der Waals surface area (Å²) >= 11 is 1.48. The molecule has 0 radical (unpaired) electrons. The van der Waals surface area contributed by atoms with Crippen LogP contribution in [0.5, 0.6) is 0 Å². The normalized spacial score (nSPS) is 14.0. The first-order chi connectivity index (χ1) is 14.1. The Morgan fingerprint density at radius 1 is 1.00 bits per heavy atom. The van der Waals surface area contributed by atoms with Crippen LogP contribution in [0.2, 0.25) is 0 Å². The van der Waals surface area contributed by atoms with Gasteiger partial charge in [-0.25, -0.2) is 4.98 Å². The second-order valence-corrected chi connectivity index (χ2v) is 7.93. The van der Waals surface area contributed by atoms with Gasteiger partial charge in [0.15, 0.2) is 0 Å². The molecule has 0 spiro atoms. The number of pyridine rings is 1. The third-order valence-electron chi connectivity index (χ3n) is 4.94. The molecule has 148 valence electrons. The smallest absolute Gasteiger partial charge is 0.264 e. The van der Waals surface area contributed by atoms with E-state index in [4.69, 9.17) is 0 Å². The molecule has 2 amide bonds. The lowest BCUT2D eigenvalue weighted by molar-refractivity contribution is 0.0751. The van der Waals surface area contributed by atoms with Crippen LogP contribution in [0.15, 0.2) is 60.1 Å². The van der Waals surface area contributed by atoms with Gasteiger partial charge in [-0.2, -0.15) is 0 Å². The first-order valence-electron chi connectivity index (χ1n) is 9.52. The summed E-state index contributed by atoms with van der Waals surface area (Å²) in [6, 6.07) is 15.0. The van der Waals surface area contributed by atoms with Crippen LogP contribution in [-0.2, 0) is 0 Å². The van der Waals surface area contributed by atoms with Crippen LogP contribution in [0, 0.1) is 6.92 Å². The summed E-state index contributed by atoms with van der Waals surface area (Å²) < 4.78 is 0. The zero-order chi connectivity index (χ0) is 20.2. The Balaban J connectivity index is 1.33. The minimum atomic E-state index is -0.153. The van der Waals surface area contributed by atoms with Crippen molar-refractivity contribution in [1.82, 2.24) is 9.88 Å². The van der Waals surface area contributed by atoms with E-state index in [-0.39, 0.29) is 11.8 Å². The predicted octanol–water partition coefficient (Wildman–Crippen LogP) is 3.67. The van der Waals surface area contributed by atoms with Gasteiger partial charge in [-0.3, -0.25) is 9.59 Å². The molecule has 1 aliphatic heterocycles. The Morgan fingerprint density at radius 3 is 2.38 bits per heavy atom. The van der Waals surface area contributed by atoms with E-state index >= 15 is 0 Å². The predicted molar refractivity (Wildman–Crippen MR) is 116 cm³/mol. The van der Waals surface area contributed by atoms with Gasteiger partial charge < -0.3 is 15.1 Å². The molecule has 6 nitrogen and oxygen atoms in total. The van der Waals surface area contributed by atoms with Gasteiger partial charge in [-0.1, -0.05) is 23.8 Å². The number of piperazine rings is 1. The molecule has 4 rings (SSSR count). The summed E-state index contributed by atoms with van der Waals surface area (Å²) in [5, 5.41) is 4.80. The fourth-order valence-electron chi connectivity index (χ4n) is 3.25. The van der Waals surface area contributed by atoms with Gasteiger partial charge in [-0.05, 0) is 42.6 Å². The molecule has 1 aliphatic rings. The molecule has 1 aromatic carbocycles. The second kappa shape index (κ2) is 8.45. The minimum absolute atomic E-state index is 0.0989. The number of anilines is 2. The Hall–Kier alpha value is -3.19. The van der Waals surface area contributed by atoms with Crippen molar-refractivity contribution < 1.29 is 9.59 Å². The van der Waals surface area contributed by atoms with Crippen molar-refractivity contribution in [3.8, 4) is 0 Å². The number of hydrogen-bond donors (Lipinski definition) is 1. The first kappa shape index (κ1) is 19.1. The summed E-state index contributed by atoms with van der Waals surface area (Å²) in [5.74, 6) is 0.795. The van der Waals surface area contributed by atoms with Crippen LogP contribution in [-0.4, -0.2) is 47.9 Å². The van der Waals surface area contributed by atoms with E-state index in [1.807, 2.05) is 65.7 Å². The fraction of sp³-hybridized carbons (Fsp3) is 0.227. The highest BCUT2D eigenvalue weighted by molar-refractivity contribution is 7.12. The van der Waals surface area contributed by atoms with E-state index in [2.05, 4.69) is 15.2 Å². The van der Waals surface area contributed by atoms with E-state index in [1.165, 1.54) is 11.3 Å². The zero-order valence-electron chi connectivity index (χ0n) is 16.2. The van der Waals surface area contributed by atoms with Gasteiger partial charge >= 0.3 is 0 Å². The van der Waals surface area contributed by atoms with Crippen molar-refractivity contribution in [2.24, 2.45) is 0 Å². The van der Waals surface area contributed by atoms with Crippen LogP contribution in [0.25, 0.3) is 0 Å². The third-order valence-corrected chi connectivity index (χ3v) is 5.80. The number of rotatable bonds is 4.